The van der Waals surface area contributed by atoms with Crippen molar-refractivity contribution in [3.05, 3.63) is 45.6 Å². The van der Waals surface area contributed by atoms with Crippen LogP contribution in [0.2, 0.25) is 0 Å². The van der Waals surface area contributed by atoms with E-state index in [-0.39, 0.29) is 11.4 Å². The topological polar surface area (TPSA) is 60.9 Å². The summed E-state index contributed by atoms with van der Waals surface area (Å²) in [6, 6.07) is 6.89. The zero-order chi connectivity index (χ0) is 16.4. The van der Waals surface area contributed by atoms with Crippen LogP contribution in [-0.2, 0) is 9.59 Å². The third-order valence-corrected chi connectivity index (χ3v) is 4.19. The predicted octanol–water partition coefficient (Wildman–Crippen LogP) is 2.30. The summed E-state index contributed by atoms with van der Waals surface area (Å²) in [4.78, 5) is 27.7. The molecule has 1 aromatic rings. The Kier molecular flexibility index (Phi) is 5.03. The van der Waals surface area contributed by atoms with Crippen LogP contribution in [0, 0.1) is 0 Å². The molecule has 0 saturated heterocycles. The number of rotatable bonds is 5. The lowest BCUT2D eigenvalue weighted by molar-refractivity contribution is -0.129. The fourth-order valence-electron chi connectivity index (χ4n) is 2.54. The molecule has 1 N–H and O–H groups in total. The molecule has 0 radical (unpaired) electrons. The van der Waals surface area contributed by atoms with E-state index in [0.717, 1.165) is 10.0 Å². The summed E-state index contributed by atoms with van der Waals surface area (Å²) in [7, 11) is 3.82. The van der Waals surface area contributed by atoms with Crippen LogP contribution in [-0.4, -0.2) is 53.8 Å². The molecular formula is C16H19BrN2O3. The zero-order valence-electron chi connectivity index (χ0n) is 12.8. The molecule has 0 aliphatic carbocycles. The molecule has 2 rings (SSSR count). The number of nitrogens with zero attached hydrogens (tertiary/aromatic N) is 2. The van der Waals surface area contributed by atoms with Gasteiger partial charge in [0.15, 0.2) is 11.5 Å². The molecule has 5 nitrogen and oxygen atoms in total. The van der Waals surface area contributed by atoms with Gasteiger partial charge in [-0.15, -0.1) is 0 Å². The molecular weight excluding hydrogens is 348 g/mol. The number of likely N-dealkylation sites (N-methyl/N-ethyl adjacent to an activating group) is 1. The number of aliphatic hydroxyl groups excluding tert-OH is 1. The molecule has 0 bridgehead atoms. The van der Waals surface area contributed by atoms with Crippen LogP contribution < -0.4 is 0 Å². The molecule has 22 heavy (non-hydrogen) atoms. The SMILES string of the molecule is CC(=O)C1=C(O)C(=O)N(CCN(C)C)C1c1ccc(Br)cc1. The summed E-state index contributed by atoms with van der Waals surface area (Å²) in [5.74, 6) is -1.20. The molecule has 1 atom stereocenters. The minimum absolute atomic E-state index is 0.172. The number of benzene rings is 1. The normalized spacial score (nSPS) is 18.5. The second-order valence-corrected chi connectivity index (χ2v) is 6.49. The largest absolute Gasteiger partial charge is 0.503 e. The summed E-state index contributed by atoms with van der Waals surface area (Å²) in [6.45, 7) is 2.46. The van der Waals surface area contributed by atoms with Crippen molar-refractivity contribution in [3.63, 3.8) is 0 Å². The summed E-state index contributed by atoms with van der Waals surface area (Å²) < 4.78 is 0.915. The number of halogens is 1. The van der Waals surface area contributed by atoms with E-state index in [9.17, 15) is 14.7 Å². The maximum atomic E-state index is 12.3. The van der Waals surface area contributed by atoms with Crippen molar-refractivity contribution in [2.24, 2.45) is 0 Å². The van der Waals surface area contributed by atoms with Crippen LogP contribution in [0.3, 0.4) is 0 Å². The predicted molar refractivity (Wildman–Crippen MR) is 87.5 cm³/mol. The first kappa shape index (κ1) is 16.7. The van der Waals surface area contributed by atoms with Crippen LogP contribution >= 0.6 is 15.9 Å². The van der Waals surface area contributed by atoms with Crippen LogP contribution in [0.4, 0.5) is 0 Å². The molecule has 1 heterocycles. The first-order valence-electron chi connectivity index (χ1n) is 6.98. The van der Waals surface area contributed by atoms with Gasteiger partial charge in [0.25, 0.3) is 5.91 Å². The molecule has 1 aromatic carbocycles. The van der Waals surface area contributed by atoms with Crippen molar-refractivity contribution >= 4 is 27.6 Å². The minimum atomic E-state index is -0.530. The number of amides is 1. The van der Waals surface area contributed by atoms with Gasteiger partial charge in [-0.2, -0.15) is 0 Å². The Morgan fingerprint density at radius 1 is 1.32 bits per heavy atom. The lowest BCUT2D eigenvalue weighted by Gasteiger charge is -2.27. The van der Waals surface area contributed by atoms with Gasteiger partial charge in [-0.25, -0.2) is 0 Å². The van der Waals surface area contributed by atoms with Gasteiger partial charge in [0.05, 0.1) is 11.6 Å². The molecule has 6 heteroatoms. The summed E-state index contributed by atoms with van der Waals surface area (Å²) >= 11 is 3.37. The highest BCUT2D eigenvalue weighted by Gasteiger charge is 2.41. The van der Waals surface area contributed by atoms with Gasteiger partial charge in [-0.3, -0.25) is 9.59 Å². The van der Waals surface area contributed by atoms with Crippen molar-refractivity contribution in [1.82, 2.24) is 9.80 Å². The zero-order valence-corrected chi connectivity index (χ0v) is 14.4. The van der Waals surface area contributed by atoms with Crippen LogP contribution in [0.25, 0.3) is 0 Å². The third kappa shape index (κ3) is 3.23. The van der Waals surface area contributed by atoms with Gasteiger partial charge >= 0.3 is 0 Å². The minimum Gasteiger partial charge on any atom is -0.503 e. The van der Waals surface area contributed by atoms with Crippen molar-refractivity contribution < 1.29 is 14.7 Å². The number of ketones is 1. The maximum Gasteiger partial charge on any atom is 0.290 e. The van der Waals surface area contributed by atoms with E-state index >= 15 is 0 Å². The second kappa shape index (κ2) is 6.62. The summed E-state index contributed by atoms with van der Waals surface area (Å²) in [5.41, 5.74) is 0.982. The number of hydrogen-bond donors (Lipinski definition) is 1. The number of Topliss-reactive ketones (excluding diaryl/α,β-unsaturated/α-hetero) is 1. The van der Waals surface area contributed by atoms with E-state index in [1.807, 2.05) is 43.3 Å². The first-order chi connectivity index (χ1) is 10.3. The first-order valence-corrected chi connectivity index (χ1v) is 7.77. The molecule has 0 fully saturated rings. The Bertz CT molecular complexity index is 623. The Morgan fingerprint density at radius 2 is 1.91 bits per heavy atom. The summed E-state index contributed by atoms with van der Waals surface area (Å²) in [6.07, 6.45) is 0. The number of carbonyl (C=O) groups excluding carboxylic acids is 2. The summed E-state index contributed by atoms with van der Waals surface area (Å²) in [5, 5.41) is 10.1. The number of carbonyl (C=O) groups is 2. The van der Waals surface area contributed by atoms with Gasteiger partial charge in [0, 0.05) is 17.6 Å². The van der Waals surface area contributed by atoms with Gasteiger partial charge in [0.1, 0.15) is 0 Å². The van der Waals surface area contributed by atoms with E-state index < -0.39 is 17.7 Å². The highest BCUT2D eigenvalue weighted by atomic mass is 79.9. The average molecular weight is 367 g/mol. The van der Waals surface area contributed by atoms with E-state index in [2.05, 4.69) is 15.9 Å². The van der Waals surface area contributed by atoms with Crippen molar-refractivity contribution in [2.75, 3.05) is 27.2 Å². The second-order valence-electron chi connectivity index (χ2n) is 5.57. The van der Waals surface area contributed by atoms with Crippen LogP contribution in [0.15, 0.2) is 40.1 Å². The molecule has 0 spiro atoms. The Balaban J connectivity index is 2.43. The number of hydrogen-bond acceptors (Lipinski definition) is 4. The Morgan fingerprint density at radius 3 is 2.41 bits per heavy atom. The lowest BCUT2D eigenvalue weighted by atomic mass is 9.97. The van der Waals surface area contributed by atoms with E-state index in [0.29, 0.717) is 13.1 Å². The van der Waals surface area contributed by atoms with Gasteiger partial charge in [-0.1, -0.05) is 28.1 Å². The fourth-order valence-corrected chi connectivity index (χ4v) is 2.81. The quantitative estimate of drug-likeness (QED) is 0.868. The monoisotopic (exact) mass is 366 g/mol. The van der Waals surface area contributed by atoms with Crippen molar-refractivity contribution in [1.29, 1.82) is 0 Å². The van der Waals surface area contributed by atoms with E-state index in [1.54, 1.807) is 4.90 Å². The highest BCUT2D eigenvalue weighted by molar-refractivity contribution is 9.10. The Hall–Kier alpha value is -1.66. The Labute approximate surface area is 138 Å². The van der Waals surface area contributed by atoms with Gasteiger partial charge in [-0.05, 0) is 38.7 Å². The molecule has 0 saturated carbocycles. The third-order valence-electron chi connectivity index (χ3n) is 3.66. The molecule has 1 aliphatic heterocycles. The smallest absolute Gasteiger partial charge is 0.290 e. The standard InChI is InChI=1S/C16H19BrN2O3/c1-10(20)13-14(11-4-6-12(17)7-5-11)19(9-8-18(2)3)16(22)15(13)21/h4-7,14,21H,8-9H2,1-3H3. The maximum absolute atomic E-state index is 12.3. The highest BCUT2D eigenvalue weighted by Crippen LogP contribution is 2.37. The molecule has 1 aliphatic rings. The van der Waals surface area contributed by atoms with Gasteiger partial charge in [0.2, 0.25) is 0 Å². The molecule has 0 aromatic heterocycles. The number of aliphatic hydroxyl groups is 1. The molecule has 1 amide bonds. The van der Waals surface area contributed by atoms with Crippen molar-refractivity contribution in [2.45, 2.75) is 13.0 Å². The molecule has 1 unspecified atom stereocenters. The van der Waals surface area contributed by atoms with E-state index in [4.69, 9.17) is 0 Å². The van der Waals surface area contributed by atoms with Crippen LogP contribution in [0.5, 0.6) is 0 Å². The van der Waals surface area contributed by atoms with Crippen molar-refractivity contribution in [3.8, 4) is 0 Å². The van der Waals surface area contributed by atoms with Crippen LogP contribution in [0.1, 0.15) is 18.5 Å². The lowest BCUT2D eigenvalue weighted by Crippen LogP contribution is -2.36. The van der Waals surface area contributed by atoms with Gasteiger partial charge < -0.3 is 14.9 Å². The average Bonchev–Trinajstić information content (AvgIpc) is 2.70. The fraction of sp³-hybridized carbons (Fsp3) is 0.375. The molecule has 118 valence electrons. The van der Waals surface area contributed by atoms with E-state index in [1.165, 1.54) is 6.92 Å².